The number of carboxylic acids is 1. The van der Waals surface area contributed by atoms with Gasteiger partial charge in [-0.2, -0.15) is 0 Å². The lowest BCUT2D eigenvalue weighted by atomic mass is 10.1. The summed E-state index contributed by atoms with van der Waals surface area (Å²) in [6.07, 6.45) is 4.19. The number of carboxylic acid groups (broad SMARTS) is 1. The van der Waals surface area contributed by atoms with E-state index in [2.05, 4.69) is 23.6 Å². The number of hydrogen-bond donors (Lipinski definition) is 3. The van der Waals surface area contributed by atoms with Crippen molar-refractivity contribution < 1.29 is 9.90 Å². The van der Waals surface area contributed by atoms with Crippen LogP contribution in [0.1, 0.15) is 31.7 Å². The van der Waals surface area contributed by atoms with E-state index in [-0.39, 0.29) is 0 Å². The van der Waals surface area contributed by atoms with Crippen LogP contribution in [-0.2, 0) is 11.2 Å². The van der Waals surface area contributed by atoms with E-state index < -0.39 is 12.0 Å². The molecule has 1 atom stereocenters. The molecule has 0 bridgehead atoms. The van der Waals surface area contributed by atoms with Gasteiger partial charge in [-0.25, -0.2) is 4.79 Å². The van der Waals surface area contributed by atoms with Gasteiger partial charge in [0.15, 0.2) is 0 Å². The van der Waals surface area contributed by atoms with Crippen LogP contribution in [0.25, 0.3) is 0 Å². The van der Waals surface area contributed by atoms with Crippen molar-refractivity contribution in [3.63, 3.8) is 0 Å². The fourth-order valence-corrected chi connectivity index (χ4v) is 2.23. The molecule has 1 aliphatic rings. The summed E-state index contributed by atoms with van der Waals surface area (Å²) in [7, 11) is 0. The van der Waals surface area contributed by atoms with Crippen molar-refractivity contribution in [2.45, 2.75) is 38.6 Å². The van der Waals surface area contributed by atoms with Gasteiger partial charge in [0, 0.05) is 24.3 Å². The molecule has 1 unspecified atom stereocenters. The van der Waals surface area contributed by atoms with Crippen LogP contribution in [0, 0.1) is 0 Å². The lowest BCUT2D eigenvalue weighted by molar-refractivity contribution is -0.137. The van der Waals surface area contributed by atoms with E-state index >= 15 is 0 Å². The second kappa shape index (κ2) is 5.76. The van der Waals surface area contributed by atoms with Gasteiger partial charge in [-0.3, -0.25) is 0 Å². The number of benzene rings is 1. The Bertz CT molecular complexity index is 432. The van der Waals surface area contributed by atoms with Crippen LogP contribution < -0.4 is 10.6 Å². The molecule has 98 valence electrons. The third-order valence-electron chi connectivity index (χ3n) is 3.27. The van der Waals surface area contributed by atoms with E-state index in [1.807, 2.05) is 12.1 Å². The van der Waals surface area contributed by atoms with Gasteiger partial charge in [-0.1, -0.05) is 19.8 Å². The average Bonchev–Trinajstić information content (AvgIpc) is 2.78. The summed E-state index contributed by atoms with van der Waals surface area (Å²) in [6.45, 7) is 3.16. The summed E-state index contributed by atoms with van der Waals surface area (Å²) >= 11 is 0. The van der Waals surface area contributed by atoms with Gasteiger partial charge in [0.05, 0.1) is 0 Å². The highest BCUT2D eigenvalue weighted by Gasteiger charge is 2.26. The Morgan fingerprint density at radius 1 is 1.50 bits per heavy atom. The third-order valence-corrected chi connectivity index (χ3v) is 3.27. The fourth-order valence-electron chi connectivity index (χ4n) is 2.23. The molecule has 1 aromatic rings. The Labute approximate surface area is 107 Å². The molecule has 0 saturated carbocycles. The number of rotatable bonds is 6. The molecule has 3 N–H and O–H groups in total. The molecule has 1 aromatic carbocycles. The first kappa shape index (κ1) is 12.7. The van der Waals surface area contributed by atoms with E-state index in [9.17, 15) is 4.79 Å². The predicted octanol–water partition coefficient (Wildman–Crippen LogP) is 2.71. The van der Waals surface area contributed by atoms with Gasteiger partial charge >= 0.3 is 5.97 Å². The molecular formula is C14H20N2O2. The maximum absolute atomic E-state index is 10.9. The number of nitrogens with one attached hydrogen (secondary N) is 2. The van der Waals surface area contributed by atoms with Crippen molar-refractivity contribution in [2.75, 3.05) is 17.2 Å². The van der Waals surface area contributed by atoms with Crippen LogP contribution >= 0.6 is 0 Å². The minimum atomic E-state index is -0.788. The normalized spacial score (nSPS) is 17.1. The first-order chi connectivity index (χ1) is 8.70. The van der Waals surface area contributed by atoms with E-state index in [0.29, 0.717) is 6.42 Å². The predicted molar refractivity (Wildman–Crippen MR) is 73.2 cm³/mol. The number of aliphatic carboxylic acids is 1. The zero-order valence-corrected chi connectivity index (χ0v) is 10.7. The monoisotopic (exact) mass is 248 g/mol. The van der Waals surface area contributed by atoms with Crippen molar-refractivity contribution in [2.24, 2.45) is 0 Å². The van der Waals surface area contributed by atoms with E-state index in [1.54, 1.807) is 0 Å². The van der Waals surface area contributed by atoms with E-state index in [1.165, 1.54) is 19.3 Å². The van der Waals surface area contributed by atoms with Crippen molar-refractivity contribution in [1.29, 1.82) is 0 Å². The maximum Gasteiger partial charge on any atom is 0.326 e. The van der Waals surface area contributed by atoms with Gasteiger partial charge in [-0.05, 0) is 30.2 Å². The van der Waals surface area contributed by atoms with Gasteiger partial charge < -0.3 is 15.7 Å². The van der Waals surface area contributed by atoms with E-state index in [4.69, 9.17) is 5.11 Å². The zero-order chi connectivity index (χ0) is 13.0. The van der Waals surface area contributed by atoms with Crippen LogP contribution in [0.5, 0.6) is 0 Å². The van der Waals surface area contributed by atoms with Crippen molar-refractivity contribution in [3.05, 3.63) is 23.8 Å². The summed E-state index contributed by atoms with van der Waals surface area (Å²) in [5, 5.41) is 15.4. The smallest absolute Gasteiger partial charge is 0.326 e. The van der Waals surface area contributed by atoms with Crippen LogP contribution in [-0.4, -0.2) is 23.7 Å². The molecule has 0 amide bonds. The first-order valence-electron chi connectivity index (χ1n) is 6.57. The largest absolute Gasteiger partial charge is 0.480 e. The molecule has 2 rings (SSSR count). The Kier molecular flexibility index (Phi) is 4.07. The first-order valence-corrected chi connectivity index (χ1v) is 6.57. The summed E-state index contributed by atoms with van der Waals surface area (Å²) in [6, 6.07) is 5.54. The lowest BCUT2D eigenvalue weighted by Crippen LogP contribution is -2.26. The summed E-state index contributed by atoms with van der Waals surface area (Å²) in [5.41, 5.74) is 3.11. The molecule has 0 fully saturated rings. The van der Waals surface area contributed by atoms with Crippen LogP contribution in [0.4, 0.5) is 11.4 Å². The standard InChI is InChI=1S/C14H20N2O2/c1-2-3-4-7-15-11-5-6-12-10(8-11)9-13(16-12)14(17)18/h5-6,8,13,15-16H,2-4,7,9H2,1H3,(H,17,18). The Morgan fingerprint density at radius 3 is 3.06 bits per heavy atom. The molecule has 4 nitrogen and oxygen atoms in total. The molecule has 18 heavy (non-hydrogen) atoms. The number of fused-ring (bicyclic) bond motifs is 1. The second-order valence-corrected chi connectivity index (χ2v) is 4.75. The Hall–Kier alpha value is -1.71. The maximum atomic E-state index is 10.9. The quantitative estimate of drug-likeness (QED) is 0.677. The number of carbonyl (C=O) groups is 1. The molecular weight excluding hydrogens is 228 g/mol. The fraction of sp³-hybridized carbons (Fsp3) is 0.500. The minimum Gasteiger partial charge on any atom is -0.480 e. The topological polar surface area (TPSA) is 61.4 Å². The van der Waals surface area contributed by atoms with E-state index in [0.717, 1.165) is 23.5 Å². The molecule has 4 heteroatoms. The lowest BCUT2D eigenvalue weighted by Gasteiger charge is -2.07. The summed E-state index contributed by atoms with van der Waals surface area (Å²) in [5.74, 6) is -0.788. The summed E-state index contributed by atoms with van der Waals surface area (Å²) < 4.78 is 0. The molecule has 0 spiro atoms. The number of anilines is 2. The van der Waals surface area contributed by atoms with Gasteiger partial charge in [-0.15, -0.1) is 0 Å². The summed E-state index contributed by atoms with van der Waals surface area (Å²) in [4.78, 5) is 10.9. The minimum absolute atomic E-state index is 0.477. The van der Waals surface area contributed by atoms with Gasteiger partial charge in [0.25, 0.3) is 0 Å². The molecule has 0 radical (unpaired) electrons. The second-order valence-electron chi connectivity index (χ2n) is 4.75. The van der Waals surface area contributed by atoms with Gasteiger partial charge in [0.2, 0.25) is 0 Å². The van der Waals surface area contributed by atoms with Crippen LogP contribution in [0.3, 0.4) is 0 Å². The molecule has 0 aromatic heterocycles. The number of unbranched alkanes of at least 4 members (excludes halogenated alkanes) is 2. The highest BCUT2D eigenvalue weighted by molar-refractivity contribution is 5.81. The van der Waals surface area contributed by atoms with Crippen molar-refractivity contribution >= 4 is 17.3 Å². The third kappa shape index (κ3) is 2.94. The highest BCUT2D eigenvalue weighted by atomic mass is 16.4. The molecule has 0 aliphatic carbocycles. The SMILES string of the molecule is CCCCCNc1ccc2c(c1)CC(C(=O)O)N2. The van der Waals surface area contributed by atoms with Gasteiger partial charge in [0.1, 0.15) is 6.04 Å². The van der Waals surface area contributed by atoms with Crippen molar-refractivity contribution in [1.82, 2.24) is 0 Å². The highest BCUT2D eigenvalue weighted by Crippen LogP contribution is 2.28. The number of hydrogen-bond acceptors (Lipinski definition) is 3. The van der Waals surface area contributed by atoms with Crippen molar-refractivity contribution in [3.8, 4) is 0 Å². The average molecular weight is 248 g/mol. The Balaban J connectivity index is 1.93. The molecule has 1 aliphatic heterocycles. The van der Waals surface area contributed by atoms with Crippen LogP contribution in [0.2, 0.25) is 0 Å². The Morgan fingerprint density at radius 2 is 2.33 bits per heavy atom. The molecule has 1 heterocycles. The van der Waals surface area contributed by atoms with Crippen LogP contribution in [0.15, 0.2) is 18.2 Å². The molecule has 0 saturated heterocycles. The zero-order valence-electron chi connectivity index (χ0n) is 10.7.